The molecule has 6 nitrogen and oxygen atoms in total. The summed E-state index contributed by atoms with van der Waals surface area (Å²) < 4.78 is 10.9. The Bertz CT molecular complexity index is 754. The van der Waals surface area contributed by atoms with E-state index in [1.54, 1.807) is 12.3 Å². The van der Waals surface area contributed by atoms with Crippen LogP contribution in [0.1, 0.15) is 43.7 Å². The summed E-state index contributed by atoms with van der Waals surface area (Å²) in [6.07, 6.45) is 3.71. The van der Waals surface area contributed by atoms with Gasteiger partial charge in [0.2, 0.25) is 11.8 Å². The van der Waals surface area contributed by atoms with E-state index < -0.39 is 0 Å². The van der Waals surface area contributed by atoms with Gasteiger partial charge in [0.25, 0.3) is 0 Å². The van der Waals surface area contributed by atoms with Gasteiger partial charge in [-0.1, -0.05) is 38.1 Å². The highest BCUT2D eigenvalue weighted by Crippen LogP contribution is 2.20. The first-order chi connectivity index (χ1) is 13.0. The molecule has 1 saturated heterocycles. The van der Waals surface area contributed by atoms with Crippen molar-refractivity contribution in [3.05, 3.63) is 47.7 Å². The highest BCUT2D eigenvalue weighted by atomic mass is 16.5. The molecule has 1 aromatic carbocycles. The zero-order valence-corrected chi connectivity index (χ0v) is 16.2. The summed E-state index contributed by atoms with van der Waals surface area (Å²) in [6, 6.07) is 10.4. The van der Waals surface area contributed by atoms with Crippen LogP contribution >= 0.6 is 0 Å². The van der Waals surface area contributed by atoms with Crippen LogP contribution in [-0.4, -0.2) is 47.1 Å². The van der Waals surface area contributed by atoms with Crippen LogP contribution in [0, 0.1) is 0 Å². The molecule has 1 aliphatic rings. The molecule has 0 atom stereocenters. The van der Waals surface area contributed by atoms with Crippen molar-refractivity contribution in [3.8, 4) is 11.9 Å². The van der Waals surface area contributed by atoms with Crippen LogP contribution in [0.25, 0.3) is 0 Å². The molecular weight excluding hydrogens is 342 g/mol. The van der Waals surface area contributed by atoms with Crippen LogP contribution in [0.15, 0.2) is 36.5 Å². The van der Waals surface area contributed by atoms with Gasteiger partial charge in [-0.3, -0.25) is 4.79 Å². The van der Waals surface area contributed by atoms with E-state index in [1.807, 2.05) is 4.90 Å². The van der Waals surface area contributed by atoms with Crippen molar-refractivity contribution in [2.75, 3.05) is 20.2 Å². The van der Waals surface area contributed by atoms with E-state index in [0.717, 1.165) is 18.4 Å². The van der Waals surface area contributed by atoms with E-state index in [0.29, 0.717) is 37.3 Å². The Morgan fingerprint density at radius 2 is 1.89 bits per heavy atom. The molecule has 0 N–H and O–H groups in total. The number of methoxy groups -OCH3 is 1. The van der Waals surface area contributed by atoms with Gasteiger partial charge in [-0.25, -0.2) is 4.98 Å². The second kappa shape index (κ2) is 8.84. The third kappa shape index (κ3) is 5.18. The second-order valence-electron chi connectivity index (χ2n) is 7.15. The van der Waals surface area contributed by atoms with Crippen LogP contribution in [0.3, 0.4) is 0 Å². The molecule has 1 aliphatic heterocycles. The van der Waals surface area contributed by atoms with Gasteiger partial charge in [0.15, 0.2) is 0 Å². The fourth-order valence-corrected chi connectivity index (χ4v) is 3.19. The van der Waals surface area contributed by atoms with Crippen LogP contribution in [0.2, 0.25) is 0 Å². The van der Waals surface area contributed by atoms with Crippen molar-refractivity contribution in [1.82, 2.24) is 14.9 Å². The molecule has 0 saturated carbocycles. The Morgan fingerprint density at radius 1 is 1.19 bits per heavy atom. The van der Waals surface area contributed by atoms with Crippen molar-refractivity contribution in [1.29, 1.82) is 0 Å². The Balaban J connectivity index is 1.48. The Morgan fingerprint density at radius 3 is 2.52 bits per heavy atom. The SMILES string of the molecule is COc1nccc(OC2CCN(C(=O)Cc3ccc(C(C)C)cc3)CC2)n1. The molecule has 0 bridgehead atoms. The standard InChI is InChI=1S/C21H27N3O3/c1-15(2)17-6-4-16(5-7-17)14-20(25)24-12-9-18(10-13-24)27-19-8-11-22-21(23-19)26-3/h4-8,11,15,18H,9-10,12-14H2,1-3H3. The predicted octanol–water partition coefficient (Wildman–Crippen LogP) is 3.22. The number of amides is 1. The van der Waals surface area contributed by atoms with E-state index >= 15 is 0 Å². The predicted molar refractivity (Wildman–Crippen MR) is 103 cm³/mol. The minimum absolute atomic E-state index is 0.0546. The Labute approximate surface area is 160 Å². The molecule has 2 heterocycles. The molecular formula is C21H27N3O3. The fourth-order valence-electron chi connectivity index (χ4n) is 3.19. The van der Waals surface area contributed by atoms with Crippen molar-refractivity contribution < 1.29 is 14.3 Å². The zero-order chi connectivity index (χ0) is 19.2. The lowest BCUT2D eigenvalue weighted by Gasteiger charge is -2.32. The molecule has 6 heteroatoms. The minimum Gasteiger partial charge on any atom is -0.474 e. The number of piperidine rings is 1. The molecule has 0 unspecified atom stereocenters. The van der Waals surface area contributed by atoms with Crippen LogP contribution in [-0.2, 0) is 11.2 Å². The molecule has 1 amide bonds. The van der Waals surface area contributed by atoms with Crippen LogP contribution in [0.5, 0.6) is 11.9 Å². The number of hydrogen-bond acceptors (Lipinski definition) is 5. The first kappa shape index (κ1) is 19.1. The maximum Gasteiger partial charge on any atom is 0.319 e. The number of aromatic nitrogens is 2. The van der Waals surface area contributed by atoms with E-state index in [-0.39, 0.29) is 12.0 Å². The highest BCUT2D eigenvalue weighted by Gasteiger charge is 2.24. The largest absolute Gasteiger partial charge is 0.474 e. The van der Waals surface area contributed by atoms with Gasteiger partial charge in [0.05, 0.1) is 13.5 Å². The van der Waals surface area contributed by atoms with Crippen molar-refractivity contribution in [3.63, 3.8) is 0 Å². The van der Waals surface area contributed by atoms with Crippen LogP contribution in [0.4, 0.5) is 0 Å². The number of hydrogen-bond donors (Lipinski definition) is 0. The molecule has 3 rings (SSSR count). The molecule has 1 fully saturated rings. The van der Waals surface area contributed by atoms with E-state index in [9.17, 15) is 4.79 Å². The molecule has 0 radical (unpaired) electrons. The summed E-state index contributed by atoms with van der Waals surface area (Å²) in [5.41, 5.74) is 2.36. The average Bonchev–Trinajstić information content (AvgIpc) is 2.69. The van der Waals surface area contributed by atoms with Gasteiger partial charge in [0, 0.05) is 38.2 Å². The summed E-state index contributed by atoms with van der Waals surface area (Å²) in [6.45, 7) is 5.75. The van der Waals surface area contributed by atoms with Crippen molar-refractivity contribution in [2.24, 2.45) is 0 Å². The van der Waals surface area contributed by atoms with Gasteiger partial charge in [0.1, 0.15) is 6.10 Å². The van der Waals surface area contributed by atoms with Crippen molar-refractivity contribution in [2.45, 2.75) is 45.1 Å². The quantitative estimate of drug-likeness (QED) is 0.782. The van der Waals surface area contributed by atoms with E-state index in [4.69, 9.17) is 9.47 Å². The summed E-state index contributed by atoms with van der Waals surface area (Å²) in [4.78, 5) is 22.7. The van der Waals surface area contributed by atoms with Gasteiger partial charge in [-0.15, -0.1) is 0 Å². The summed E-state index contributed by atoms with van der Waals surface area (Å²) in [5.74, 6) is 1.19. The first-order valence-electron chi connectivity index (χ1n) is 9.45. The lowest BCUT2D eigenvalue weighted by Crippen LogP contribution is -2.42. The monoisotopic (exact) mass is 369 g/mol. The smallest absolute Gasteiger partial charge is 0.319 e. The number of nitrogens with zero attached hydrogens (tertiary/aromatic N) is 3. The maximum atomic E-state index is 12.6. The van der Waals surface area contributed by atoms with Gasteiger partial charge < -0.3 is 14.4 Å². The van der Waals surface area contributed by atoms with Gasteiger partial charge in [-0.2, -0.15) is 4.98 Å². The average molecular weight is 369 g/mol. The number of carbonyl (C=O) groups excluding carboxylic acids is 1. The lowest BCUT2D eigenvalue weighted by molar-refractivity contribution is -0.132. The lowest BCUT2D eigenvalue weighted by atomic mass is 10.0. The Hall–Kier alpha value is -2.63. The number of rotatable bonds is 6. The molecule has 0 aliphatic carbocycles. The highest BCUT2D eigenvalue weighted by molar-refractivity contribution is 5.78. The minimum atomic E-state index is 0.0546. The summed E-state index contributed by atoms with van der Waals surface area (Å²) in [5, 5.41) is 0. The number of likely N-dealkylation sites (tertiary alicyclic amines) is 1. The van der Waals surface area contributed by atoms with Gasteiger partial charge in [-0.05, 0) is 17.0 Å². The molecule has 27 heavy (non-hydrogen) atoms. The van der Waals surface area contributed by atoms with Crippen LogP contribution < -0.4 is 9.47 Å². The number of benzene rings is 1. The molecule has 1 aromatic heterocycles. The van der Waals surface area contributed by atoms with E-state index in [1.165, 1.54) is 12.7 Å². The zero-order valence-electron chi connectivity index (χ0n) is 16.2. The summed E-state index contributed by atoms with van der Waals surface area (Å²) >= 11 is 0. The number of carbonyl (C=O) groups is 1. The normalized spacial score (nSPS) is 15.0. The molecule has 2 aromatic rings. The molecule has 0 spiro atoms. The summed E-state index contributed by atoms with van der Waals surface area (Å²) in [7, 11) is 1.53. The third-order valence-electron chi connectivity index (χ3n) is 4.87. The third-order valence-corrected chi connectivity index (χ3v) is 4.87. The topological polar surface area (TPSA) is 64.6 Å². The molecule has 144 valence electrons. The maximum absolute atomic E-state index is 12.6. The Kier molecular flexibility index (Phi) is 6.27. The van der Waals surface area contributed by atoms with Gasteiger partial charge >= 0.3 is 6.01 Å². The first-order valence-corrected chi connectivity index (χ1v) is 9.45. The number of ether oxygens (including phenoxy) is 2. The fraction of sp³-hybridized carbons (Fsp3) is 0.476. The van der Waals surface area contributed by atoms with Crippen molar-refractivity contribution >= 4 is 5.91 Å². The second-order valence-corrected chi connectivity index (χ2v) is 7.15. The van der Waals surface area contributed by atoms with E-state index in [2.05, 4.69) is 48.1 Å².